The van der Waals surface area contributed by atoms with Crippen LogP contribution in [0.5, 0.6) is 0 Å². The molecule has 1 unspecified atom stereocenters. The average molecular weight is 418 g/mol. The van der Waals surface area contributed by atoms with Gasteiger partial charge in [-0.3, -0.25) is 4.99 Å². The van der Waals surface area contributed by atoms with Gasteiger partial charge < -0.3 is 16.0 Å². The average Bonchev–Trinajstić information content (AvgIpc) is 2.43. The van der Waals surface area contributed by atoms with Gasteiger partial charge in [0.15, 0.2) is 5.96 Å². The molecule has 1 rings (SSSR count). The van der Waals surface area contributed by atoms with Crippen LogP contribution in [0.15, 0.2) is 29.3 Å². The molecule has 5 heteroatoms. The van der Waals surface area contributed by atoms with E-state index >= 15 is 0 Å². The topological polar surface area (TPSA) is 53.6 Å². The fourth-order valence-corrected chi connectivity index (χ4v) is 2.67. The smallest absolute Gasteiger partial charge is 0.193 e. The number of nitrogens with one attached hydrogen (secondary N) is 1. The third-order valence-electron chi connectivity index (χ3n) is 4.00. The van der Waals surface area contributed by atoms with Gasteiger partial charge in [-0.15, -0.1) is 24.0 Å². The lowest BCUT2D eigenvalue weighted by atomic mass is 9.93. The molecule has 0 radical (unpaired) electrons. The predicted octanol–water partition coefficient (Wildman–Crippen LogP) is 3.71. The van der Waals surface area contributed by atoms with Crippen molar-refractivity contribution in [1.82, 2.24) is 4.90 Å². The van der Waals surface area contributed by atoms with Crippen molar-refractivity contribution in [3.05, 3.63) is 29.8 Å². The molecular weight excluding hydrogens is 387 g/mol. The number of hydrogen-bond acceptors (Lipinski definition) is 2. The first-order chi connectivity index (χ1) is 9.97. The summed E-state index contributed by atoms with van der Waals surface area (Å²) in [5.41, 5.74) is 8.20. The summed E-state index contributed by atoms with van der Waals surface area (Å²) in [6.07, 6.45) is 2.33. The number of rotatable bonds is 7. The zero-order valence-corrected chi connectivity index (χ0v) is 16.8. The first-order valence-electron chi connectivity index (χ1n) is 7.77. The number of guanidine groups is 1. The normalized spacial score (nSPS) is 13.1. The van der Waals surface area contributed by atoms with Crippen LogP contribution >= 0.6 is 24.0 Å². The zero-order valence-electron chi connectivity index (χ0n) is 14.5. The summed E-state index contributed by atoms with van der Waals surface area (Å²) in [6.45, 7) is 7.27. The fraction of sp³-hybridized carbons (Fsp3) is 0.588. The second-order valence-corrected chi connectivity index (χ2v) is 5.83. The number of hydrogen-bond donors (Lipinski definition) is 2. The molecular formula is C17H31IN4. The molecule has 0 aliphatic rings. The van der Waals surface area contributed by atoms with E-state index in [0.717, 1.165) is 12.2 Å². The number of anilines is 1. The van der Waals surface area contributed by atoms with Crippen molar-refractivity contribution in [2.75, 3.05) is 26.0 Å². The molecule has 0 fully saturated rings. The van der Waals surface area contributed by atoms with Gasteiger partial charge in [-0.2, -0.15) is 0 Å². The van der Waals surface area contributed by atoms with Gasteiger partial charge in [0.05, 0.1) is 6.54 Å². The molecule has 0 aromatic heterocycles. The van der Waals surface area contributed by atoms with Crippen LogP contribution in [0.2, 0.25) is 0 Å². The van der Waals surface area contributed by atoms with Crippen LogP contribution in [-0.2, 0) is 0 Å². The van der Waals surface area contributed by atoms with Gasteiger partial charge >= 0.3 is 0 Å². The minimum Gasteiger partial charge on any atom is -0.370 e. The molecule has 1 aromatic rings. The van der Waals surface area contributed by atoms with E-state index in [9.17, 15) is 0 Å². The summed E-state index contributed by atoms with van der Waals surface area (Å²) in [5.74, 6) is 1.13. The summed E-state index contributed by atoms with van der Waals surface area (Å²) in [5, 5.41) is 3.16. The largest absolute Gasteiger partial charge is 0.370 e. The minimum atomic E-state index is 0. The molecule has 1 aromatic carbocycles. The van der Waals surface area contributed by atoms with Crippen LogP contribution in [0.1, 0.15) is 32.3 Å². The minimum absolute atomic E-state index is 0. The first kappa shape index (κ1) is 21.2. The molecule has 0 aliphatic heterocycles. The van der Waals surface area contributed by atoms with E-state index in [4.69, 9.17) is 5.73 Å². The molecule has 1 atom stereocenters. The molecule has 0 saturated carbocycles. The Morgan fingerprint density at radius 3 is 2.41 bits per heavy atom. The van der Waals surface area contributed by atoms with Crippen molar-refractivity contribution in [2.45, 2.75) is 39.7 Å². The molecule has 0 heterocycles. The Labute approximate surface area is 152 Å². The Hall–Kier alpha value is -0.820. The van der Waals surface area contributed by atoms with E-state index in [-0.39, 0.29) is 24.0 Å². The third-order valence-corrected chi connectivity index (χ3v) is 4.00. The molecule has 0 spiro atoms. The van der Waals surface area contributed by atoms with Crippen molar-refractivity contribution in [1.29, 1.82) is 0 Å². The van der Waals surface area contributed by atoms with E-state index < -0.39 is 0 Å². The molecule has 0 aliphatic carbocycles. The Kier molecular flexibility index (Phi) is 10.4. The van der Waals surface area contributed by atoms with E-state index in [2.05, 4.69) is 62.2 Å². The van der Waals surface area contributed by atoms with Crippen molar-refractivity contribution in [3.8, 4) is 0 Å². The summed E-state index contributed by atoms with van der Waals surface area (Å²) in [7, 11) is 4.23. The summed E-state index contributed by atoms with van der Waals surface area (Å²) < 4.78 is 0. The maximum absolute atomic E-state index is 6.01. The van der Waals surface area contributed by atoms with Gasteiger partial charge in [0.2, 0.25) is 0 Å². The van der Waals surface area contributed by atoms with Gasteiger partial charge in [0, 0.05) is 11.7 Å². The Morgan fingerprint density at radius 1 is 1.27 bits per heavy atom. The van der Waals surface area contributed by atoms with Crippen molar-refractivity contribution in [2.24, 2.45) is 16.6 Å². The van der Waals surface area contributed by atoms with Gasteiger partial charge in [-0.05, 0) is 44.6 Å². The Balaban J connectivity index is 0.00000441. The van der Waals surface area contributed by atoms with Crippen molar-refractivity contribution in [3.63, 3.8) is 0 Å². The van der Waals surface area contributed by atoms with E-state index in [0.29, 0.717) is 17.9 Å². The number of aryl methyl sites for hydroxylation is 1. The first-order valence-corrected chi connectivity index (χ1v) is 7.77. The zero-order chi connectivity index (χ0) is 15.8. The summed E-state index contributed by atoms with van der Waals surface area (Å²) in [6, 6.07) is 8.57. The van der Waals surface area contributed by atoms with Gasteiger partial charge in [0.1, 0.15) is 0 Å². The van der Waals surface area contributed by atoms with Gasteiger partial charge in [-0.1, -0.05) is 38.8 Å². The second kappa shape index (κ2) is 10.8. The highest BCUT2D eigenvalue weighted by Gasteiger charge is 2.20. The van der Waals surface area contributed by atoms with E-state index in [1.54, 1.807) is 0 Å². The van der Waals surface area contributed by atoms with Gasteiger partial charge in [-0.25, -0.2) is 0 Å². The number of nitrogens with two attached hydrogens (primary N) is 1. The highest BCUT2D eigenvalue weighted by atomic mass is 127. The molecule has 22 heavy (non-hydrogen) atoms. The lowest BCUT2D eigenvalue weighted by molar-refractivity contribution is 0.206. The second-order valence-electron chi connectivity index (χ2n) is 5.83. The highest BCUT2D eigenvalue weighted by molar-refractivity contribution is 14.0. The highest BCUT2D eigenvalue weighted by Crippen LogP contribution is 2.17. The Bertz CT molecular complexity index is 456. The molecule has 126 valence electrons. The predicted molar refractivity (Wildman–Crippen MR) is 108 cm³/mol. The quantitative estimate of drug-likeness (QED) is 0.403. The third kappa shape index (κ3) is 6.96. The SMILES string of the molecule is CCC(CC)C(CN=C(N)Nc1cccc(C)c1)N(C)C.I. The van der Waals surface area contributed by atoms with Crippen LogP contribution in [0.3, 0.4) is 0 Å². The number of likely N-dealkylation sites (N-methyl/N-ethyl adjacent to an activating group) is 1. The molecule has 0 amide bonds. The standard InChI is InChI=1S/C17H30N4.HI/c1-6-14(7-2)16(21(4)5)12-19-17(18)20-15-10-8-9-13(3)11-15;/h8-11,14,16H,6-7,12H2,1-5H3,(H3,18,19,20);1H. The Morgan fingerprint density at radius 2 is 1.91 bits per heavy atom. The fourth-order valence-electron chi connectivity index (χ4n) is 2.67. The molecule has 0 saturated heterocycles. The van der Waals surface area contributed by atoms with Crippen LogP contribution in [0, 0.1) is 12.8 Å². The maximum Gasteiger partial charge on any atom is 0.193 e. The van der Waals surface area contributed by atoms with Crippen molar-refractivity contribution >= 4 is 35.6 Å². The molecule has 3 N–H and O–H groups in total. The van der Waals surface area contributed by atoms with Crippen LogP contribution < -0.4 is 11.1 Å². The van der Waals surface area contributed by atoms with Crippen LogP contribution in [-0.4, -0.2) is 37.5 Å². The lowest BCUT2D eigenvalue weighted by Gasteiger charge is -2.30. The van der Waals surface area contributed by atoms with Crippen molar-refractivity contribution < 1.29 is 0 Å². The number of aliphatic imine (C=N–C) groups is 1. The number of nitrogens with zero attached hydrogens (tertiary/aromatic N) is 2. The monoisotopic (exact) mass is 418 g/mol. The lowest BCUT2D eigenvalue weighted by Crippen LogP contribution is -2.38. The number of halogens is 1. The molecule has 4 nitrogen and oxygen atoms in total. The van der Waals surface area contributed by atoms with Crippen LogP contribution in [0.4, 0.5) is 5.69 Å². The molecule has 0 bridgehead atoms. The number of benzene rings is 1. The van der Waals surface area contributed by atoms with E-state index in [1.165, 1.54) is 18.4 Å². The summed E-state index contributed by atoms with van der Waals surface area (Å²) >= 11 is 0. The maximum atomic E-state index is 6.01. The van der Waals surface area contributed by atoms with Gasteiger partial charge in [0.25, 0.3) is 0 Å². The van der Waals surface area contributed by atoms with E-state index in [1.807, 2.05) is 12.1 Å². The summed E-state index contributed by atoms with van der Waals surface area (Å²) in [4.78, 5) is 6.78. The van der Waals surface area contributed by atoms with Crippen LogP contribution in [0.25, 0.3) is 0 Å².